The molecule has 0 unspecified atom stereocenters. The molecule has 1 fully saturated rings. The molecular formula is C34H34N4O5S. The van der Waals surface area contributed by atoms with E-state index in [0.29, 0.717) is 41.3 Å². The zero-order valence-corrected chi connectivity index (χ0v) is 25.7. The number of fused-ring (bicyclic) bond motifs is 3. The summed E-state index contributed by atoms with van der Waals surface area (Å²) in [6, 6.07) is 12.9. The molecule has 0 bridgehead atoms. The van der Waals surface area contributed by atoms with Crippen molar-refractivity contribution in [2.45, 2.75) is 52.1 Å². The van der Waals surface area contributed by atoms with E-state index < -0.39 is 5.97 Å². The summed E-state index contributed by atoms with van der Waals surface area (Å²) in [5.41, 5.74) is 12.4. The fourth-order valence-electron chi connectivity index (χ4n) is 5.74. The van der Waals surface area contributed by atoms with E-state index in [1.165, 1.54) is 7.11 Å². The molecule has 0 atom stereocenters. The summed E-state index contributed by atoms with van der Waals surface area (Å²) in [5, 5.41) is 8.10. The van der Waals surface area contributed by atoms with E-state index in [0.717, 1.165) is 58.4 Å². The first kappa shape index (κ1) is 29.5. The zero-order valence-electron chi connectivity index (χ0n) is 24.9. The second-order valence-electron chi connectivity index (χ2n) is 11.2. The summed E-state index contributed by atoms with van der Waals surface area (Å²) in [5.74, 6) is -0.837. The number of carbonyl (C=O) groups is 3. The number of carbonyl (C=O) groups excluding carboxylic acids is 3. The first-order chi connectivity index (χ1) is 21.3. The van der Waals surface area contributed by atoms with Gasteiger partial charge in [-0.2, -0.15) is 0 Å². The number of ether oxygens (including phenoxy) is 2. The summed E-state index contributed by atoms with van der Waals surface area (Å²) >= 11 is 1.59. The molecule has 2 aliphatic rings. The average Bonchev–Trinajstić information content (AvgIpc) is 3.40. The number of hydrogen-bond acceptors (Lipinski definition) is 8. The molecular weight excluding hydrogens is 576 g/mol. The highest BCUT2D eigenvalue weighted by Gasteiger charge is 2.28. The molecule has 2 amide bonds. The van der Waals surface area contributed by atoms with Crippen LogP contribution in [0, 0.1) is 13.8 Å². The van der Waals surface area contributed by atoms with Gasteiger partial charge < -0.3 is 25.8 Å². The zero-order chi connectivity index (χ0) is 31.0. The van der Waals surface area contributed by atoms with Gasteiger partial charge in [-0.15, -0.1) is 11.3 Å². The molecule has 0 spiro atoms. The molecule has 2 aromatic carbocycles. The number of methoxy groups -OCH3 is 1. The Hall–Kier alpha value is -4.54. The molecule has 1 saturated carbocycles. The molecule has 0 radical (unpaired) electrons. The molecule has 3 heterocycles. The van der Waals surface area contributed by atoms with Gasteiger partial charge in [-0.05, 0) is 91.1 Å². The third kappa shape index (κ3) is 5.58. The van der Waals surface area contributed by atoms with Crippen molar-refractivity contribution < 1.29 is 23.9 Å². The lowest BCUT2D eigenvalue weighted by Gasteiger charge is -2.26. The van der Waals surface area contributed by atoms with Crippen LogP contribution >= 0.6 is 11.3 Å². The first-order valence-electron chi connectivity index (χ1n) is 14.7. The second-order valence-corrected chi connectivity index (χ2v) is 12.1. The van der Waals surface area contributed by atoms with Crippen molar-refractivity contribution in [1.29, 1.82) is 0 Å². The largest absolute Gasteiger partial charge is 0.493 e. The molecule has 9 nitrogen and oxygen atoms in total. The lowest BCUT2D eigenvalue weighted by atomic mass is 9.92. The number of anilines is 1. The minimum atomic E-state index is -0.717. The smallest absolute Gasteiger partial charge is 0.357 e. The highest BCUT2D eigenvalue weighted by atomic mass is 32.1. The molecule has 6 rings (SSSR count). The van der Waals surface area contributed by atoms with Crippen LogP contribution in [0.1, 0.15) is 72.9 Å². The molecule has 2 aromatic heterocycles. The van der Waals surface area contributed by atoms with Crippen molar-refractivity contribution in [2.24, 2.45) is 5.73 Å². The van der Waals surface area contributed by atoms with Crippen molar-refractivity contribution in [3.8, 4) is 27.3 Å². The lowest BCUT2D eigenvalue weighted by molar-refractivity contribution is 0.0594. The van der Waals surface area contributed by atoms with Crippen molar-refractivity contribution in [3.63, 3.8) is 0 Å². The summed E-state index contributed by atoms with van der Waals surface area (Å²) in [4.78, 5) is 45.7. The second kappa shape index (κ2) is 12.2. The Bertz CT molecular complexity index is 1770. The normalized spacial score (nSPS) is 13.9. The van der Waals surface area contributed by atoms with E-state index in [9.17, 15) is 14.4 Å². The van der Waals surface area contributed by atoms with Gasteiger partial charge in [-0.3, -0.25) is 9.59 Å². The number of nitrogens with one attached hydrogen (secondary N) is 2. The molecule has 0 saturated heterocycles. The molecule has 4 aromatic rings. The van der Waals surface area contributed by atoms with Crippen LogP contribution in [0.2, 0.25) is 0 Å². The SMILES string of the molecule is COC(=O)c1nc(C(=O)NC2CCC2)ccc1-c1cc2c(cc1C(=O)Nc1c(C)cc(CN)cc1C)-c1sccc1CCO2. The molecule has 4 N–H and O–H groups in total. The van der Waals surface area contributed by atoms with Gasteiger partial charge in [0.1, 0.15) is 11.4 Å². The number of aryl methyl sites for hydroxylation is 2. The standard InChI is InChI=1S/C34H34N4O5S/c1-18-13-20(17-35)14-19(2)29(18)38-32(39)25-15-26-28(43-11-9-21-10-12-44-31(21)26)16-24(25)23-7-8-27(37-30(23)34(41)42-3)33(40)36-22-5-4-6-22/h7-8,10,12-16,22H,4-6,9,11,17,35H2,1-3H3,(H,36,40)(H,38,39). The van der Waals surface area contributed by atoms with Gasteiger partial charge in [0.05, 0.1) is 13.7 Å². The number of pyridine rings is 1. The summed E-state index contributed by atoms with van der Waals surface area (Å²) < 4.78 is 11.3. The van der Waals surface area contributed by atoms with Crippen LogP contribution in [0.4, 0.5) is 5.69 Å². The topological polar surface area (TPSA) is 133 Å². The van der Waals surface area contributed by atoms with Crippen molar-refractivity contribution in [2.75, 3.05) is 19.0 Å². The Morgan fingerprint density at radius 2 is 1.80 bits per heavy atom. The Labute approximate surface area is 259 Å². The fraction of sp³-hybridized carbons (Fsp3) is 0.294. The maximum atomic E-state index is 14.2. The number of nitrogens with two attached hydrogens (primary N) is 1. The predicted octanol–water partition coefficient (Wildman–Crippen LogP) is 5.81. The highest BCUT2D eigenvalue weighted by Crippen LogP contribution is 2.43. The number of nitrogens with zero attached hydrogens (tertiary/aromatic N) is 1. The van der Waals surface area contributed by atoms with Gasteiger partial charge >= 0.3 is 5.97 Å². The van der Waals surface area contributed by atoms with Crippen molar-refractivity contribution in [3.05, 3.63) is 87.0 Å². The van der Waals surface area contributed by atoms with Crippen LogP contribution in [0.3, 0.4) is 0 Å². The minimum Gasteiger partial charge on any atom is -0.493 e. The quantitative estimate of drug-likeness (QED) is 0.225. The molecule has 1 aliphatic heterocycles. The van der Waals surface area contributed by atoms with Gasteiger partial charge in [-0.1, -0.05) is 12.1 Å². The van der Waals surface area contributed by atoms with Gasteiger partial charge in [0.2, 0.25) is 0 Å². The summed E-state index contributed by atoms with van der Waals surface area (Å²) in [6.45, 7) is 4.72. The maximum Gasteiger partial charge on any atom is 0.357 e. The number of benzene rings is 2. The number of thiophene rings is 1. The van der Waals surface area contributed by atoms with E-state index in [1.54, 1.807) is 29.5 Å². The number of aromatic nitrogens is 1. The fourth-order valence-corrected chi connectivity index (χ4v) is 6.72. The Kier molecular flexibility index (Phi) is 8.20. The van der Waals surface area contributed by atoms with Crippen LogP contribution in [-0.2, 0) is 17.7 Å². The number of amides is 2. The average molecular weight is 611 g/mol. The number of hydrogen-bond donors (Lipinski definition) is 3. The third-order valence-electron chi connectivity index (χ3n) is 8.29. The van der Waals surface area contributed by atoms with Crippen LogP contribution in [-0.4, -0.2) is 42.5 Å². The minimum absolute atomic E-state index is 0.0622. The number of rotatable bonds is 7. The van der Waals surface area contributed by atoms with Gasteiger partial charge in [0.15, 0.2) is 5.69 Å². The third-order valence-corrected chi connectivity index (χ3v) is 9.28. The Morgan fingerprint density at radius 1 is 1.02 bits per heavy atom. The van der Waals surface area contributed by atoms with Gasteiger partial charge in [0, 0.05) is 51.8 Å². The van der Waals surface area contributed by atoms with E-state index in [4.69, 9.17) is 15.2 Å². The summed E-state index contributed by atoms with van der Waals surface area (Å²) in [6.07, 6.45) is 3.64. The van der Waals surface area contributed by atoms with Crippen LogP contribution in [0.25, 0.3) is 21.6 Å². The van der Waals surface area contributed by atoms with Crippen LogP contribution in [0.15, 0.2) is 47.8 Å². The monoisotopic (exact) mass is 610 g/mol. The summed E-state index contributed by atoms with van der Waals surface area (Å²) in [7, 11) is 1.26. The van der Waals surface area contributed by atoms with Crippen molar-refractivity contribution >= 4 is 34.8 Å². The number of esters is 1. The Morgan fingerprint density at radius 3 is 2.48 bits per heavy atom. The molecule has 10 heteroatoms. The van der Waals surface area contributed by atoms with Crippen LogP contribution < -0.4 is 21.1 Å². The maximum absolute atomic E-state index is 14.2. The Balaban J connectivity index is 1.50. The van der Waals surface area contributed by atoms with Gasteiger partial charge in [0.25, 0.3) is 11.8 Å². The first-order valence-corrected chi connectivity index (χ1v) is 15.5. The van der Waals surface area contributed by atoms with Crippen molar-refractivity contribution in [1.82, 2.24) is 10.3 Å². The molecule has 1 aliphatic carbocycles. The predicted molar refractivity (Wildman–Crippen MR) is 170 cm³/mol. The van der Waals surface area contributed by atoms with E-state index >= 15 is 0 Å². The highest BCUT2D eigenvalue weighted by molar-refractivity contribution is 7.13. The van der Waals surface area contributed by atoms with E-state index in [1.807, 2.05) is 37.4 Å². The van der Waals surface area contributed by atoms with Crippen LogP contribution in [0.5, 0.6) is 5.75 Å². The lowest BCUT2D eigenvalue weighted by Crippen LogP contribution is -2.39. The van der Waals surface area contributed by atoms with E-state index in [-0.39, 0.29) is 29.2 Å². The molecule has 226 valence electrons. The van der Waals surface area contributed by atoms with E-state index in [2.05, 4.69) is 21.7 Å². The van der Waals surface area contributed by atoms with Gasteiger partial charge in [-0.25, -0.2) is 9.78 Å². The molecule has 44 heavy (non-hydrogen) atoms.